The van der Waals surface area contributed by atoms with Gasteiger partial charge in [-0.15, -0.1) is 0 Å². The zero-order chi connectivity index (χ0) is 14.1. The molecule has 0 spiro atoms. The first-order chi connectivity index (χ1) is 8.06. The fraction of sp³-hybridized carbons (Fsp3) is 0.538. The number of hydrogen-bond donors (Lipinski definition) is 1. The highest BCUT2D eigenvalue weighted by atomic mass is 79.9. The number of hydrogen-bond acceptors (Lipinski definition) is 2. The standard InChI is InChI=1S/C13H20BrNO2S/c1-9-6-7-12(8-10(9)2)18(16,17)15-13(4,5)11(3)14/h6-8,11,15H,1-5H3. The molecule has 102 valence electrons. The molecule has 0 bridgehead atoms. The van der Waals surface area contributed by atoms with Crippen LogP contribution in [0.25, 0.3) is 0 Å². The van der Waals surface area contributed by atoms with Crippen molar-refractivity contribution in [3.05, 3.63) is 29.3 Å². The molecule has 0 saturated carbocycles. The normalized spacial score (nSPS) is 14.6. The number of rotatable bonds is 4. The Balaban J connectivity index is 3.11. The van der Waals surface area contributed by atoms with E-state index in [4.69, 9.17) is 0 Å². The van der Waals surface area contributed by atoms with Gasteiger partial charge in [0.15, 0.2) is 0 Å². The second-order valence-electron chi connectivity index (χ2n) is 5.19. The van der Waals surface area contributed by atoms with E-state index in [0.29, 0.717) is 4.90 Å². The number of alkyl halides is 1. The summed E-state index contributed by atoms with van der Waals surface area (Å²) in [6.07, 6.45) is 0. The van der Waals surface area contributed by atoms with Gasteiger partial charge in [0.05, 0.1) is 4.90 Å². The Kier molecular flexibility index (Phi) is 4.62. The monoisotopic (exact) mass is 333 g/mol. The molecule has 0 aliphatic carbocycles. The van der Waals surface area contributed by atoms with Gasteiger partial charge >= 0.3 is 0 Å². The second-order valence-corrected chi connectivity index (χ2v) is 8.25. The van der Waals surface area contributed by atoms with Crippen molar-refractivity contribution in [3.63, 3.8) is 0 Å². The number of sulfonamides is 1. The Bertz CT molecular complexity index is 536. The minimum Gasteiger partial charge on any atom is -0.207 e. The van der Waals surface area contributed by atoms with Crippen LogP contribution in [-0.2, 0) is 10.0 Å². The first-order valence-electron chi connectivity index (χ1n) is 5.81. The average molecular weight is 334 g/mol. The summed E-state index contributed by atoms with van der Waals surface area (Å²) in [6.45, 7) is 9.50. The van der Waals surface area contributed by atoms with Crippen LogP contribution >= 0.6 is 15.9 Å². The SMILES string of the molecule is Cc1ccc(S(=O)(=O)NC(C)(C)C(C)Br)cc1C. The summed E-state index contributed by atoms with van der Waals surface area (Å²) in [4.78, 5) is 0.346. The van der Waals surface area contributed by atoms with E-state index in [0.717, 1.165) is 11.1 Å². The molecule has 1 unspecified atom stereocenters. The summed E-state index contributed by atoms with van der Waals surface area (Å²) in [6, 6.07) is 5.17. The molecule has 0 aliphatic rings. The minimum absolute atomic E-state index is 0.0336. The van der Waals surface area contributed by atoms with E-state index in [1.807, 2.05) is 40.7 Å². The molecule has 0 heterocycles. The van der Waals surface area contributed by atoms with E-state index in [-0.39, 0.29) is 4.83 Å². The third-order valence-corrected chi connectivity index (χ3v) is 5.99. The van der Waals surface area contributed by atoms with E-state index in [1.54, 1.807) is 12.1 Å². The topological polar surface area (TPSA) is 46.2 Å². The Morgan fingerprint density at radius 3 is 2.22 bits per heavy atom. The van der Waals surface area contributed by atoms with Crippen LogP contribution in [0.1, 0.15) is 31.9 Å². The van der Waals surface area contributed by atoms with Crippen molar-refractivity contribution >= 4 is 26.0 Å². The van der Waals surface area contributed by atoms with E-state index < -0.39 is 15.6 Å². The van der Waals surface area contributed by atoms with Crippen LogP contribution in [0.4, 0.5) is 0 Å². The Morgan fingerprint density at radius 2 is 1.78 bits per heavy atom. The molecular weight excluding hydrogens is 314 g/mol. The maximum Gasteiger partial charge on any atom is 0.241 e. The van der Waals surface area contributed by atoms with Crippen molar-refractivity contribution in [2.45, 2.75) is 49.9 Å². The Hall–Kier alpha value is -0.390. The third kappa shape index (κ3) is 3.56. The van der Waals surface area contributed by atoms with Crippen molar-refractivity contribution in [2.75, 3.05) is 0 Å². The quantitative estimate of drug-likeness (QED) is 0.860. The van der Waals surface area contributed by atoms with Crippen molar-refractivity contribution in [1.82, 2.24) is 4.72 Å². The molecule has 3 nitrogen and oxygen atoms in total. The van der Waals surface area contributed by atoms with Gasteiger partial charge in [-0.25, -0.2) is 13.1 Å². The van der Waals surface area contributed by atoms with Crippen molar-refractivity contribution in [1.29, 1.82) is 0 Å². The summed E-state index contributed by atoms with van der Waals surface area (Å²) < 4.78 is 27.3. The molecule has 18 heavy (non-hydrogen) atoms. The molecule has 0 aromatic heterocycles. The summed E-state index contributed by atoms with van der Waals surface area (Å²) >= 11 is 3.42. The van der Waals surface area contributed by atoms with Gasteiger partial charge in [0.1, 0.15) is 0 Å². The largest absolute Gasteiger partial charge is 0.241 e. The van der Waals surface area contributed by atoms with Gasteiger partial charge in [0, 0.05) is 10.4 Å². The maximum atomic E-state index is 12.3. The molecule has 1 aromatic carbocycles. The van der Waals surface area contributed by atoms with Crippen molar-refractivity contribution < 1.29 is 8.42 Å². The number of halogens is 1. The van der Waals surface area contributed by atoms with Gasteiger partial charge in [0.2, 0.25) is 10.0 Å². The lowest BCUT2D eigenvalue weighted by molar-refractivity contribution is 0.454. The molecular formula is C13H20BrNO2S. The van der Waals surface area contributed by atoms with Gasteiger partial charge in [0.25, 0.3) is 0 Å². The molecule has 0 amide bonds. The number of aryl methyl sites for hydroxylation is 2. The highest BCUT2D eigenvalue weighted by Gasteiger charge is 2.30. The van der Waals surface area contributed by atoms with Gasteiger partial charge in [-0.3, -0.25) is 0 Å². The van der Waals surface area contributed by atoms with Crippen LogP contribution in [0.3, 0.4) is 0 Å². The molecule has 1 atom stereocenters. The third-order valence-electron chi connectivity index (χ3n) is 3.18. The van der Waals surface area contributed by atoms with Crippen molar-refractivity contribution in [3.8, 4) is 0 Å². The predicted octanol–water partition coefficient (Wildman–Crippen LogP) is 3.14. The number of benzene rings is 1. The number of nitrogens with one attached hydrogen (secondary N) is 1. The molecule has 5 heteroatoms. The van der Waals surface area contributed by atoms with Crippen molar-refractivity contribution in [2.24, 2.45) is 0 Å². The van der Waals surface area contributed by atoms with E-state index in [9.17, 15) is 8.42 Å². The maximum absolute atomic E-state index is 12.3. The zero-order valence-electron chi connectivity index (χ0n) is 11.4. The zero-order valence-corrected chi connectivity index (χ0v) is 13.8. The van der Waals surface area contributed by atoms with E-state index >= 15 is 0 Å². The van der Waals surface area contributed by atoms with Gasteiger partial charge in [-0.05, 0) is 51.0 Å². The summed E-state index contributed by atoms with van der Waals surface area (Å²) in [5, 5.41) is 0. The molecule has 1 rings (SSSR count). The van der Waals surface area contributed by atoms with Crippen LogP contribution in [0.15, 0.2) is 23.1 Å². The van der Waals surface area contributed by atoms with Crippen LogP contribution in [-0.4, -0.2) is 18.8 Å². The molecule has 0 radical (unpaired) electrons. The first-order valence-corrected chi connectivity index (χ1v) is 8.21. The van der Waals surface area contributed by atoms with Crippen LogP contribution < -0.4 is 4.72 Å². The van der Waals surface area contributed by atoms with Gasteiger partial charge in [-0.1, -0.05) is 28.9 Å². The smallest absolute Gasteiger partial charge is 0.207 e. The molecule has 0 saturated heterocycles. The predicted molar refractivity (Wildman–Crippen MR) is 78.7 cm³/mol. The first kappa shape index (κ1) is 15.7. The lowest BCUT2D eigenvalue weighted by Crippen LogP contribution is -2.48. The highest BCUT2D eigenvalue weighted by Crippen LogP contribution is 2.21. The fourth-order valence-corrected chi connectivity index (χ4v) is 3.20. The molecule has 1 N–H and O–H groups in total. The van der Waals surface area contributed by atoms with Crippen LogP contribution in [0, 0.1) is 13.8 Å². The van der Waals surface area contributed by atoms with E-state index in [1.165, 1.54) is 0 Å². The highest BCUT2D eigenvalue weighted by molar-refractivity contribution is 9.09. The average Bonchev–Trinajstić information content (AvgIpc) is 2.20. The summed E-state index contributed by atoms with van der Waals surface area (Å²) in [7, 11) is -3.48. The summed E-state index contributed by atoms with van der Waals surface area (Å²) in [5.74, 6) is 0. The summed E-state index contributed by atoms with van der Waals surface area (Å²) in [5.41, 5.74) is 1.52. The van der Waals surface area contributed by atoms with Crippen LogP contribution in [0.2, 0.25) is 0 Å². The van der Waals surface area contributed by atoms with Gasteiger partial charge < -0.3 is 0 Å². The lowest BCUT2D eigenvalue weighted by Gasteiger charge is -2.28. The second kappa shape index (κ2) is 5.31. The molecule has 1 aromatic rings. The van der Waals surface area contributed by atoms with E-state index in [2.05, 4.69) is 20.7 Å². The lowest BCUT2D eigenvalue weighted by atomic mass is 10.0. The van der Waals surface area contributed by atoms with Gasteiger partial charge in [-0.2, -0.15) is 0 Å². The Morgan fingerprint density at radius 1 is 1.22 bits per heavy atom. The molecule has 0 fully saturated rings. The van der Waals surface area contributed by atoms with Crippen LogP contribution in [0.5, 0.6) is 0 Å². The fourth-order valence-electron chi connectivity index (χ4n) is 1.37. The minimum atomic E-state index is -3.48. The Labute approximate surface area is 118 Å². The molecule has 0 aliphatic heterocycles.